The van der Waals surface area contributed by atoms with Gasteiger partial charge in [0.05, 0.1) is 12.6 Å². The van der Waals surface area contributed by atoms with E-state index >= 15 is 0 Å². The van der Waals surface area contributed by atoms with E-state index in [1.54, 1.807) is 12.1 Å². The number of aliphatic hydroxyl groups is 1. The molecule has 0 radical (unpaired) electrons. The van der Waals surface area contributed by atoms with Crippen molar-refractivity contribution in [2.24, 2.45) is 5.73 Å². The normalized spacial score (nSPS) is 13.0. The van der Waals surface area contributed by atoms with Gasteiger partial charge in [0.25, 0.3) is 5.91 Å². The highest BCUT2D eigenvalue weighted by atomic mass is 16.4. The molecule has 1 rings (SSSR count). The molecule has 1 aromatic heterocycles. The van der Waals surface area contributed by atoms with Gasteiger partial charge in [0.15, 0.2) is 5.76 Å². The molecule has 3 N–H and O–H groups in total. The topological polar surface area (TPSA) is 79.7 Å². The number of hydrogen-bond acceptors (Lipinski definition) is 4. The minimum absolute atomic E-state index is 0.0187. The zero-order valence-corrected chi connectivity index (χ0v) is 9.64. The molecule has 0 saturated carbocycles. The van der Waals surface area contributed by atoms with Crippen molar-refractivity contribution in [3.8, 4) is 0 Å². The zero-order valence-electron chi connectivity index (χ0n) is 9.64. The minimum atomic E-state index is -0.566. The van der Waals surface area contributed by atoms with Crippen molar-refractivity contribution in [3.63, 3.8) is 0 Å². The lowest BCUT2D eigenvalue weighted by Crippen LogP contribution is -2.29. The number of amides is 1. The van der Waals surface area contributed by atoms with Gasteiger partial charge < -0.3 is 15.3 Å². The maximum Gasteiger partial charge on any atom is 0.284 e. The third-order valence-corrected chi connectivity index (χ3v) is 2.62. The molecule has 1 unspecified atom stereocenters. The smallest absolute Gasteiger partial charge is 0.284 e. The summed E-state index contributed by atoms with van der Waals surface area (Å²) in [5.74, 6) is 0.287. The predicted molar refractivity (Wildman–Crippen MR) is 60.0 cm³/mol. The van der Waals surface area contributed by atoms with Crippen molar-refractivity contribution < 1.29 is 14.3 Å². The SMILES string of the molecule is CCN(CCO)C(C)c1ccc(C(N)=O)o1. The van der Waals surface area contributed by atoms with Gasteiger partial charge >= 0.3 is 0 Å². The Bertz CT molecular complexity index is 349. The highest BCUT2D eigenvalue weighted by molar-refractivity contribution is 5.89. The minimum Gasteiger partial charge on any atom is -0.454 e. The average Bonchev–Trinajstić information content (AvgIpc) is 2.74. The molecule has 1 atom stereocenters. The van der Waals surface area contributed by atoms with E-state index in [1.165, 1.54) is 0 Å². The van der Waals surface area contributed by atoms with Crippen LogP contribution in [-0.4, -0.2) is 35.6 Å². The Labute approximate surface area is 94.8 Å². The van der Waals surface area contributed by atoms with Gasteiger partial charge in [0, 0.05) is 6.54 Å². The number of primary amides is 1. The fourth-order valence-corrected chi connectivity index (χ4v) is 1.64. The Balaban J connectivity index is 2.77. The van der Waals surface area contributed by atoms with Gasteiger partial charge in [0.1, 0.15) is 5.76 Å². The second-order valence-electron chi connectivity index (χ2n) is 3.59. The summed E-state index contributed by atoms with van der Waals surface area (Å²) >= 11 is 0. The third-order valence-electron chi connectivity index (χ3n) is 2.62. The maximum atomic E-state index is 10.9. The summed E-state index contributed by atoms with van der Waals surface area (Å²) in [7, 11) is 0. The quantitative estimate of drug-likeness (QED) is 0.750. The highest BCUT2D eigenvalue weighted by Crippen LogP contribution is 2.21. The molecule has 90 valence electrons. The molecule has 0 spiro atoms. The van der Waals surface area contributed by atoms with Crippen molar-refractivity contribution in [3.05, 3.63) is 23.7 Å². The van der Waals surface area contributed by atoms with Gasteiger partial charge in [-0.3, -0.25) is 9.69 Å². The number of rotatable bonds is 6. The van der Waals surface area contributed by atoms with Gasteiger partial charge in [0.2, 0.25) is 0 Å². The predicted octanol–water partition coefficient (Wildman–Crippen LogP) is 0.754. The van der Waals surface area contributed by atoms with Crippen LogP contribution in [0, 0.1) is 0 Å². The number of furan rings is 1. The largest absolute Gasteiger partial charge is 0.454 e. The van der Waals surface area contributed by atoms with Crippen LogP contribution in [0.5, 0.6) is 0 Å². The summed E-state index contributed by atoms with van der Waals surface area (Å²) < 4.78 is 5.34. The molecule has 0 aliphatic rings. The molecular weight excluding hydrogens is 208 g/mol. The fourth-order valence-electron chi connectivity index (χ4n) is 1.64. The number of aliphatic hydroxyl groups excluding tert-OH is 1. The number of likely N-dealkylation sites (N-methyl/N-ethyl adjacent to an activating group) is 1. The molecule has 0 saturated heterocycles. The third kappa shape index (κ3) is 2.84. The van der Waals surface area contributed by atoms with Crippen LogP contribution in [0.25, 0.3) is 0 Å². The second kappa shape index (κ2) is 5.67. The van der Waals surface area contributed by atoms with Crippen molar-refractivity contribution in [1.29, 1.82) is 0 Å². The van der Waals surface area contributed by atoms with Crippen molar-refractivity contribution >= 4 is 5.91 Å². The first-order valence-corrected chi connectivity index (χ1v) is 5.34. The van der Waals surface area contributed by atoms with Crippen molar-refractivity contribution in [2.75, 3.05) is 19.7 Å². The Morgan fingerprint density at radius 1 is 1.62 bits per heavy atom. The number of nitrogens with zero attached hydrogens (tertiary/aromatic N) is 1. The van der Waals surface area contributed by atoms with Crippen LogP contribution in [0.15, 0.2) is 16.5 Å². The van der Waals surface area contributed by atoms with Crippen LogP contribution in [-0.2, 0) is 0 Å². The van der Waals surface area contributed by atoms with Crippen LogP contribution in [0.2, 0.25) is 0 Å². The summed E-state index contributed by atoms with van der Waals surface area (Å²) in [5, 5.41) is 8.91. The Kier molecular flexibility index (Phi) is 4.52. The fraction of sp³-hybridized carbons (Fsp3) is 0.545. The number of carbonyl (C=O) groups is 1. The van der Waals surface area contributed by atoms with Gasteiger partial charge in [-0.25, -0.2) is 0 Å². The highest BCUT2D eigenvalue weighted by Gasteiger charge is 2.18. The van der Waals surface area contributed by atoms with Gasteiger partial charge in [-0.05, 0) is 25.6 Å². The molecule has 0 aliphatic heterocycles. The lowest BCUT2D eigenvalue weighted by molar-refractivity contribution is 0.0964. The molecule has 16 heavy (non-hydrogen) atoms. The summed E-state index contributed by atoms with van der Waals surface area (Å²) in [6.45, 7) is 5.44. The molecule has 0 fully saturated rings. The van der Waals surface area contributed by atoms with Crippen LogP contribution < -0.4 is 5.73 Å². The van der Waals surface area contributed by atoms with Crippen molar-refractivity contribution in [1.82, 2.24) is 4.90 Å². The van der Waals surface area contributed by atoms with Gasteiger partial charge in [-0.15, -0.1) is 0 Å². The van der Waals surface area contributed by atoms with E-state index in [0.717, 1.165) is 6.54 Å². The van der Waals surface area contributed by atoms with Crippen molar-refractivity contribution in [2.45, 2.75) is 19.9 Å². The number of carbonyl (C=O) groups excluding carboxylic acids is 1. The molecule has 1 aromatic rings. The summed E-state index contributed by atoms with van der Waals surface area (Å²) in [5.41, 5.74) is 5.11. The molecule has 5 heteroatoms. The Hall–Kier alpha value is -1.33. The molecule has 1 amide bonds. The van der Waals surface area contributed by atoms with Gasteiger partial charge in [-0.1, -0.05) is 6.92 Å². The first-order chi connectivity index (χ1) is 7.60. The molecule has 1 heterocycles. The Morgan fingerprint density at radius 3 is 2.75 bits per heavy atom. The van der Waals surface area contributed by atoms with Crippen LogP contribution in [0.1, 0.15) is 36.2 Å². The summed E-state index contributed by atoms with van der Waals surface area (Å²) in [4.78, 5) is 12.9. The Morgan fingerprint density at radius 2 is 2.31 bits per heavy atom. The van der Waals surface area contributed by atoms with E-state index in [0.29, 0.717) is 12.3 Å². The molecule has 0 aromatic carbocycles. The van der Waals surface area contributed by atoms with E-state index < -0.39 is 5.91 Å². The van der Waals surface area contributed by atoms with Crippen LogP contribution in [0.4, 0.5) is 0 Å². The van der Waals surface area contributed by atoms with E-state index in [2.05, 4.69) is 0 Å². The molecule has 0 bridgehead atoms. The van der Waals surface area contributed by atoms with E-state index in [1.807, 2.05) is 18.7 Å². The molecule has 0 aliphatic carbocycles. The summed E-state index contributed by atoms with van der Waals surface area (Å²) in [6.07, 6.45) is 0. The average molecular weight is 226 g/mol. The van der Waals surface area contributed by atoms with E-state index in [-0.39, 0.29) is 18.4 Å². The van der Waals surface area contributed by atoms with Crippen LogP contribution in [0.3, 0.4) is 0 Å². The van der Waals surface area contributed by atoms with E-state index in [9.17, 15) is 4.79 Å². The number of nitrogens with two attached hydrogens (primary N) is 1. The van der Waals surface area contributed by atoms with E-state index in [4.69, 9.17) is 15.3 Å². The number of hydrogen-bond donors (Lipinski definition) is 2. The summed E-state index contributed by atoms with van der Waals surface area (Å²) in [6, 6.07) is 3.33. The standard InChI is InChI=1S/C11H18N2O3/c1-3-13(6-7-14)8(2)9-4-5-10(16-9)11(12)15/h4-5,8,14H,3,6-7H2,1-2H3,(H2,12,15). The van der Waals surface area contributed by atoms with Crippen LogP contribution >= 0.6 is 0 Å². The zero-order chi connectivity index (χ0) is 12.1. The molecular formula is C11H18N2O3. The monoisotopic (exact) mass is 226 g/mol. The maximum absolute atomic E-state index is 10.9. The lowest BCUT2D eigenvalue weighted by Gasteiger charge is -2.25. The first kappa shape index (κ1) is 12.7. The van der Waals surface area contributed by atoms with Gasteiger partial charge in [-0.2, -0.15) is 0 Å². The lowest BCUT2D eigenvalue weighted by atomic mass is 10.2. The molecule has 5 nitrogen and oxygen atoms in total. The first-order valence-electron chi connectivity index (χ1n) is 5.34. The second-order valence-corrected chi connectivity index (χ2v) is 3.59.